The highest BCUT2D eigenvalue weighted by molar-refractivity contribution is 5.91. The molecule has 1 N–H and O–H groups in total. The molecule has 0 atom stereocenters. The van der Waals surface area contributed by atoms with E-state index in [2.05, 4.69) is 15.3 Å². The van der Waals surface area contributed by atoms with E-state index in [1.54, 1.807) is 31.3 Å². The first-order chi connectivity index (χ1) is 14.9. The first-order valence-electron chi connectivity index (χ1n) is 9.67. The summed E-state index contributed by atoms with van der Waals surface area (Å²) < 4.78 is 26.9. The molecule has 0 fully saturated rings. The Bertz CT molecular complexity index is 1090. The Morgan fingerprint density at radius 1 is 1.10 bits per heavy atom. The van der Waals surface area contributed by atoms with E-state index in [0.29, 0.717) is 30.6 Å². The van der Waals surface area contributed by atoms with Crippen molar-refractivity contribution in [3.63, 3.8) is 0 Å². The highest BCUT2D eigenvalue weighted by Crippen LogP contribution is 2.18. The Morgan fingerprint density at radius 2 is 1.87 bits per heavy atom. The molecule has 0 radical (unpaired) electrons. The van der Waals surface area contributed by atoms with Gasteiger partial charge in [-0.25, -0.2) is 13.8 Å². The third kappa shape index (κ3) is 5.48. The van der Waals surface area contributed by atoms with Crippen LogP contribution in [0.5, 0.6) is 0 Å². The maximum Gasteiger partial charge on any atom is 0.269 e. The van der Waals surface area contributed by atoms with Crippen LogP contribution >= 0.6 is 0 Å². The fourth-order valence-electron chi connectivity index (χ4n) is 3.20. The number of halogens is 2. The van der Waals surface area contributed by atoms with Gasteiger partial charge in [-0.3, -0.25) is 14.6 Å². The second kappa shape index (κ2) is 9.88. The SMILES string of the molecule is CNC(=O)c1ccc(Cc2ccc(CCN(C)c3ncc(F)cc3F)c(C=O)c2)cn1. The van der Waals surface area contributed by atoms with Gasteiger partial charge in [-0.2, -0.15) is 0 Å². The third-order valence-electron chi connectivity index (χ3n) is 4.90. The minimum absolute atomic E-state index is 0.0541. The summed E-state index contributed by atoms with van der Waals surface area (Å²) in [6, 6.07) is 9.87. The number of hydrogen-bond donors (Lipinski definition) is 1. The summed E-state index contributed by atoms with van der Waals surface area (Å²) in [6.07, 6.45) is 4.45. The van der Waals surface area contributed by atoms with Crippen molar-refractivity contribution >= 4 is 18.0 Å². The summed E-state index contributed by atoms with van der Waals surface area (Å²) in [5.74, 6) is -1.66. The quantitative estimate of drug-likeness (QED) is 0.562. The van der Waals surface area contributed by atoms with E-state index in [1.807, 2.05) is 24.3 Å². The Kier molecular flexibility index (Phi) is 7.02. The van der Waals surface area contributed by atoms with E-state index in [-0.39, 0.29) is 11.7 Å². The van der Waals surface area contributed by atoms with Crippen molar-refractivity contribution in [1.82, 2.24) is 15.3 Å². The van der Waals surface area contributed by atoms with Crippen molar-refractivity contribution in [1.29, 1.82) is 0 Å². The number of aromatic nitrogens is 2. The molecule has 1 aromatic carbocycles. The summed E-state index contributed by atoms with van der Waals surface area (Å²) in [5, 5.41) is 2.52. The molecule has 0 bridgehead atoms. The predicted molar refractivity (Wildman–Crippen MR) is 113 cm³/mol. The second-order valence-electron chi connectivity index (χ2n) is 7.09. The molecule has 8 heteroatoms. The Balaban J connectivity index is 1.68. The summed E-state index contributed by atoms with van der Waals surface area (Å²) in [7, 11) is 3.21. The van der Waals surface area contributed by atoms with Crippen molar-refractivity contribution in [2.24, 2.45) is 0 Å². The summed E-state index contributed by atoms with van der Waals surface area (Å²) in [4.78, 5) is 32.7. The van der Waals surface area contributed by atoms with Crippen LogP contribution in [0.2, 0.25) is 0 Å². The standard InChI is InChI=1S/C23H22F2N4O2/c1-26-23(31)21-6-4-16(12-27-21)9-15-3-5-17(18(10-15)14-30)7-8-29(2)22-20(25)11-19(24)13-28-22/h3-6,10-14H,7-9H2,1-2H3,(H,26,31). The lowest BCUT2D eigenvalue weighted by molar-refractivity contribution is 0.0958. The molecular weight excluding hydrogens is 402 g/mol. The molecule has 0 saturated heterocycles. The van der Waals surface area contributed by atoms with Gasteiger partial charge in [0.1, 0.15) is 17.8 Å². The Morgan fingerprint density at radius 3 is 2.52 bits per heavy atom. The number of pyridine rings is 2. The van der Waals surface area contributed by atoms with Crippen LogP contribution in [0.3, 0.4) is 0 Å². The van der Waals surface area contributed by atoms with Gasteiger partial charge in [0, 0.05) is 38.5 Å². The predicted octanol–water partition coefficient (Wildman–Crippen LogP) is 3.20. The van der Waals surface area contributed by atoms with Crippen LogP contribution in [-0.4, -0.2) is 42.8 Å². The van der Waals surface area contributed by atoms with Gasteiger partial charge in [0.05, 0.1) is 6.20 Å². The van der Waals surface area contributed by atoms with E-state index in [9.17, 15) is 18.4 Å². The number of amides is 1. The lowest BCUT2D eigenvalue weighted by Crippen LogP contribution is -2.23. The smallest absolute Gasteiger partial charge is 0.269 e. The van der Waals surface area contributed by atoms with Gasteiger partial charge in [0.25, 0.3) is 5.91 Å². The zero-order valence-corrected chi connectivity index (χ0v) is 17.2. The van der Waals surface area contributed by atoms with Crippen molar-refractivity contribution in [2.45, 2.75) is 12.8 Å². The highest BCUT2D eigenvalue weighted by atomic mass is 19.1. The normalized spacial score (nSPS) is 10.6. The van der Waals surface area contributed by atoms with Gasteiger partial charge in [0.15, 0.2) is 11.6 Å². The van der Waals surface area contributed by atoms with Crippen LogP contribution in [0, 0.1) is 11.6 Å². The topological polar surface area (TPSA) is 75.2 Å². The van der Waals surface area contributed by atoms with Gasteiger partial charge in [-0.15, -0.1) is 0 Å². The molecule has 0 spiro atoms. The molecular formula is C23H22F2N4O2. The summed E-state index contributed by atoms with van der Waals surface area (Å²) in [6.45, 7) is 0.403. The number of anilines is 1. The number of nitrogens with zero attached hydrogens (tertiary/aromatic N) is 3. The average molecular weight is 424 g/mol. The van der Waals surface area contributed by atoms with Crippen LogP contribution in [-0.2, 0) is 12.8 Å². The number of likely N-dealkylation sites (N-methyl/N-ethyl adjacent to an activating group) is 1. The van der Waals surface area contributed by atoms with E-state index in [4.69, 9.17) is 0 Å². The molecule has 2 heterocycles. The van der Waals surface area contributed by atoms with Crippen molar-refractivity contribution in [3.8, 4) is 0 Å². The van der Waals surface area contributed by atoms with Gasteiger partial charge in [0.2, 0.25) is 0 Å². The minimum atomic E-state index is -0.732. The zero-order valence-electron chi connectivity index (χ0n) is 17.2. The molecule has 0 aliphatic heterocycles. The molecule has 0 saturated carbocycles. The fourth-order valence-corrected chi connectivity index (χ4v) is 3.20. The highest BCUT2D eigenvalue weighted by Gasteiger charge is 2.12. The first kappa shape index (κ1) is 22.0. The molecule has 3 aromatic rings. The van der Waals surface area contributed by atoms with E-state index >= 15 is 0 Å². The van der Waals surface area contributed by atoms with E-state index in [0.717, 1.165) is 35.2 Å². The molecule has 31 heavy (non-hydrogen) atoms. The van der Waals surface area contributed by atoms with Gasteiger partial charge in [-0.1, -0.05) is 18.2 Å². The van der Waals surface area contributed by atoms with Crippen molar-refractivity contribution in [3.05, 3.63) is 88.4 Å². The molecule has 1 amide bonds. The molecule has 0 unspecified atom stereocenters. The number of hydrogen-bond acceptors (Lipinski definition) is 5. The maximum absolute atomic E-state index is 13.9. The van der Waals surface area contributed by atoms with Crippen molar-refractivity contribution in [2.75, 3.05) is 25.5 Å². The number of rotatable bonds is 8. The number of aldehydes is 1. The summed E-state index contributed by atoms with van der Waals surface area (Å²) in [5.41, 5.74) is 3.55. The average Bonchev–Trinajstić information content (AvgIpc) is 2.77. The third-order valence-corrected chi connectivity index (χ3v) is 4.90. The minimum Gasteiger partial charge on any atom is -0.357 e. The number of carbonyl (C=O) groups is 2. The lowest BCUT2D eigenvalue weighted by atomic mass is 9.98. The molecule has 3 rings (SSSR count). The van der Waals surface area contributed by atoms with E-state index in [1.165, 1.54) is 0 Å². The van der Waals surface area contributed by atoms with E-state index < -0.39 is 11.6 Å². The monoisotopic (exact) mass is 424 g/mol. The molecule has 6 nitrogen and oxygen atoms in total. The fraction of sp³-hybridized carbons (Fsp3) is 0.217. The van der Waals surface area contributed by atoms with Crippen LogP contribution in [0.15, 0.2) is 48.8 Å². The van der Waals surface area contributed by atoms with Crippen LogP contribution in [0.1, 0.15) is 37.5 Å². The largest absolute Gasteiger partial charge is 0.357 e. The van der Waals surface area contributed by atoms with Crippen LogP contribution in [0.4, 0.5) is 14.6 Å². The van der Waals surface area contributed by atoms with Gasteiger partial charge in [-0.05, 0) is 41.7 Å². The molecule has 0 aliphatic rings. The number of nitrogens with one attached hydrogen (secondary N) is 1. The Labute approximate surface area is 179 Å². The summed E-state index contributed by atoms with van der Waals surface area (Å²) >= 11 is 0. The van der Waals surface area contributed by atoms with Gasteiger partial charge >= 0.3 is 0 Å². The zero-order chi connectivity index (χ0) is 22.4. The second-order valence-corrected chi connectivity index (χ2v) is 7.09. The van der Waals surface area contributed by atoms with Crippen molar-refractivity contribution < 1.29 is 18.4 Å². The lowest BCUT2D eigenvalue weighted by Gasteiger charge is -2.19. The Hall–Kier alpha value is -3.68. The van der Waals surface area contributed by atoms with Crippen LogP contribution < -0.4 is 10.2 Å². The van der Waals surface area contributed by atoms with Gasteiger partial charge < -0.3 is 10.2 Å². The number of benzene rings is 1. The molecule has 2 aromatic heterocycles. The maximum atomic E-state index is 13.9. The first-order valence-corrected chi connectivity index (χ1v) is 9.67. The molecule has 0 aliphatic carbocycles. The van der Waals surface area contributed by atoms with Crippen LogP contribution in [0.25, 0.3) is 0 Å². The number of carbonyl (C=O) groups excluding carboxylic acids is 2. The molecule has 160 valence electrons.